The van der Waals surface area contributed by atoms with Crippen LogP contribution in [0.25, 0.3) is 17.1 Å². The molecule has 0 saturated carbocycles. The number of rotatable bonds is 4. The summed E-state index contributed by atoms with van der Waals surface area (Å²) in [7, 11) is 0. The number of aromatic amines is 1. The molecule has 1 aliphatic rings. The lowest BCUT2D eigenvalue weighted by atomic mass is 9.99. The lowest BCUT2D eigenvalue weighted by molar-refractivity contribution is 0.0646. The van der Waals surface area contributed by atoms with Crippen LogP contribution in [0, 0.1) is 6.92 Å². The van der Waals surface area contributed by atoms with Gasteiger partial charge < -0.3 is 14.3 Å². The first-order chi connectivity index (χ1) is 17.0. The van der Waals surface area contributed by atoms with Crippen LogP contribution in [0.5, 0.6) is 0 Å². The molecular weight excluding hydrogens is 674 g/mol. The third-order valence-corrected chi connectivity index (χ3v) is 7.31. The van der Waals surface area contributed by atoms with E-state index in [9.17, 15) is 4.79 Å². The maximum Gasteiger partial charge on any atom is 0.312 e. The summed E-state index contributed by atoms with van der Waals surface area (Å²) in [6, 6.07) is 11.1. The molecule has 5 aromatic rings. The van der Waals surface area contributed by atoms with E-state index < -0.39 is 6.04 Å². The van der Waals surface area contributed by atoms with Crippen LogP contribution in [-0.2, 0) is 6.42 Å². The number of nitrogens with zero attached hydrogens (tertiary/aromatic N) is 7. The van der Waals surface area contributed by atoms with E-state index in [1.54, 1.807) is 17.3 Å². The second-order valence-corrected chi connectivity index (χ2v) is 13.0. The molecule has 1 amide bonds. The maximum absolute atomic E-state index is 13.7. The van der Waals surface area contributed by atoms with Crippen molar-refractivity contribution in [2.75, 3.05) is 6.54 Å². The fraction of sp³-hybridized carbons (Fsp3) is 0.217. The Labute approximate surface area is 226 Å². The van der Waals surface area contributed by atoms with E-state index in [2.05, 4.69) is 76.4 Å². The second-order valence-electron chi connectivity index (χ2n) is 8.16. The average Bonchev–Trinajstić information content (AvgIpc) is 3.61. The third-order valence-electron chi connectivity index (χ3n) is 5.97. The van der Waals surface area contributed by atoms with E-state index in [4.69, 9.17) is 9.52 Å². The number of halogens is 2. The van der Waals surface area contributed by atoms with Gasteiger partial charge in [-0.2, -0.15) is 5.10 Å². The number of carbonyl (C=O) groups is 1. The van der Waals surface area contributed by atoms with E-state index in [1.807, 2.05) is 41.9 Å². The molecule has 35 heavy (non-hydrogen) atoms. The summed E-state index contributed by atoms with van der Waals surface area (Å²) in [5.74, 6) is -0.247. The minimum atomic E-state index is -0.487. The molecular formula is C23H18I2N8O2. The van der Waals surface area contributed by atoms with Gasteiger partial charge in [-0.25, -0.2) is 14.5 Å². The molecule has 10 nitrogen and oxygen atoms in total. The fourth-order valence-corrected chi connectivity index (χ4v) is 5.42. The van der Waals surface area contributed by atoms with Gasteiger partial charge in [-0.3, -0.25) is 4.79 Å². The van der Waals surface area contributed by atoms with Crippen LogP contribution >= 0.6 is 45.2 Å². The Kier molecular flexibility index (Phi) is 5.78. The number of hydrogen-bond acceptors (Lipinski definition) is 7. The largest absolute Gasteiger partial charge is 0.411 e. The highest BCUT2D eigenvalue weighted by Gasteiger charge is 2.38. The summed E-state index contributed by atoms with van der Waals surface area (Å²) in [6.45, 7) is 2.34. The highest BCUT2D eigenvalue weighted by Crippen LogP contribution is 2.37. The zero-order chi connectivity index (χ0) is 24.1. The second kappa shape index (κ2) is 8.96. The molecule has 6 rings (SSSR count). The van der Waals surface area contributed by atoms with Crippen molar-refractivity contribution in [2.45, 2.75) is 21.3 Å². The summed E-state index contributed by atoms with van der Waals surface area (Å²) in [5.41, 5.74) is 6.01. The Balaban J connectivity index is 1.41. The van der Waals surface area contributed by atoms with Crippen LogP contribution in [0.15, 0.2) is 53.3 Å². The molecule has 5 aromatic heterocycles. The molecule has 0 aliphatic carbocycles. The molecule has 6 heterocycles. The Morgan fingerprint density at radius 1 is 1.23 bits per heavy atom. The van der Waals surface area contributed by atoms with Crippen molar-refractivity contribution in [3.63, 3.8) is 0 Å². The normalized spacial score (nSPS) is 15.7. The summed E-state index contributed by atoms with van der Waals surface area (Å²) >= 11 is 4.76. The zero-order valence-electron chi connectivity index (χ0n) is 18.4. The van der Waals surface area contributed by atoms with E-state index in [0.29, 0.717) is 18.7 Å². The first-order valence-electron chi connectivity index (χ1n) is 10.9. The zero-order valence-corrected chi connectivity index (χ0v) is 22.7. The molecule has 1 N–H and O–H groups in total. The molecule has 0 fully saturated rings. The van der Waals surface area contributed by atoms with Crippen LogP contribution < -0.4 is 0 Å². The smallest absolute Gasteiger partial charge is 0.312 e. The van der Waals surface area contributed by atoms with E-state index in [1.165, 1.54) is 0 Å². The van der Waals surface area contributed by atoms with E-state index >= 15 is 0 Å². The van der Waals surface area contributed by atoms with Gasteiger partial charge in [0, 0.05) is 36.1 Å². The van der Waals surface area contributed by atoms with Crippen LogP contribution in [-0.4, -0.2) is 52.1 Å². The van der Waals surface area contributed by atoms with Gasteiger partial charge in [-0.05, 0) is 31.2 Å². The van der Waals surface area contributed by atoms with Crippen molar-refractivity contribution in [1.82, 2.24) is 39.7 Å². The van der Waals surface area contributed by atoms with E-state index in [-0.39, 0.29) is 19.6 Å². The van der Waals surface area contributed by atoms with Crippen LogP contribution in [0.1, 0.15) is 47.0 Å². The van der Waals surface area contributed by atoms with Gasteiger partial charge in [-0.15, -0.1) is 10.2 Å². The molecule has 1 aliphatic heterocycles. The van der Waals surface area contributed by atoms with Crippen LogP contribution in [0.3, 0.4) is 0 Å². The van der Waals surface area contributed by atoms with Crippen molar-refractivity contribution in [2.24, 2.45) is 0 Å². The average molecular weight is 692 g/mol. The lowest BCUT2D eigenvalue weighted by Gasteiger charge is -2.32. The molecule has 176 valence electrons. The SMILES string of the molecule is Cc1cccc(-c2nnc(C(=O)N3CCc4[nH]cnc4[C@H]3c3cc4c(C(I)I)cccn4n3)o2)n1. The van der Waals surface area contributed by atoms with Crippen molar-refractivity contribution >= 4 is 56.6 Å². The number of pyridine rings is 2. The number of H-pyrrole nitrogens is 1. The number of imidazole rings is 1. The topological polar surface area (TPSA) is 118 Å². The standard InChI is InChI=1S/C23H18I2N8O2/c1-12-4-2-6-15(28-12)21-29-30-22(35-21)23(34)32-9-7-14-18(27-11-26-14)19(32)16-10-17-13(20(24)25)5-3-8-33(17)31-16/h2-6,8,10-11,19-20H,7,9H2,1H3,(H,26,27)/t19-/m1/s1. The number of nitrogens with one attached hydrogen (secondary N) is 1. The van der Waals surface area contributed by atoms with Gasteiger partial charge >= 0.3 is 11.8 Å². The number of hydrogen-bond donors (Lipinski definition) is 1. The van der Waals surface area contributed by atoms with Crippen LogP contribution in [0.4, 0.5) is 0 Å². The minimum absolute atomic E-state index is 0.0867. The molecule has 0 radical (unpaired) electrons. The summed E-state index contributed by atoms with van der Waals surface area (Å²) in [5, 5.41) is 12.9. The molecule has 12 heteroatoms. The van der Waals surface area contributed by atoms with E-state index in [0.717, 1.165) is 33.9 Å². The van der Waals surface area contributed by atoms with Crippen molar-refractivity contribution in [1.29, 1.82) is 0 Å². The van der Waals surface area contributed by atoms with Gasteiger partial charge in [0.15, 0.2) is 0 Å². The predicted molar refractivity (Wildman–Crippen MR) is 143 cm³/mol. The first kappa shape index (κ1) is 22.6. The van der Waals surface area contributed by atoms with Gasteiger partial charge in [0.05, 0.1) is 25.2 Å². The first-order valence-corrected chi connectivity index (χ1v) is 13.4. The monoisotopic (exact) mass is 692 g/mol. The number of aromatic nitrogens is 7. The van der Waals surface area contributed by atoms with Crippen molar-refractivity contribution in [3.05, 3.63) is 83.2 Å². The number of aryl methyl sites for hydroxylation is 1. The van der Waals surface area contributed by atoms with Crippen molar-refractivity contribution in [3.8, 4) is 11.6 Å². The quantitative estimate of drug-likeness (QED) is 0.218. The molecule has 0 unspecified atom stereocenters. The number of amides is 1. The highest BCUT2D eigenvalue weighted by atomic mass is 127. The molecule has 0 aromatic carbocycles. The Morgan fingerprint density at radius 2 is 2.11 bits per heavy atom. The van der Waals surface area contributed by atoms with Crippen LogP contribution in [0.2, 0.25) is 0 Å². The number of fused-ring (bicyclic) bond motifs is 2. The number of carbonyl (C=O) groups excluding carboxylic acids is 1. The Bertz CT molecular complexity index is 1560. The summed E-state index contributed by atoms with van der Waals surface area (Å²) in [6.07, 6.45) is 4.21. The highest BCUT2D eigenvalue weighted by molar-refractivity contribution is 14.2. The van der Waals surface area contributed by atoms with Crippen molar-refractivity contribution < 1.29 is 9.21 Å². The fourth-order valence-electron chi connectivity index (χ4n) is 4.37. The molecule has 0 bridgehead atoms. The minimum Gasteiger partial charge on any atom is -0.411 e. The predicted octanol–water partition coefficient (Wildman–Crippen LogP) is 4.47. The van der Waals surface area contributed by atoms with Gasteiger partial charge in [-0.1, -0.05) is 57.3 Å². The third kappa shape index (κ3) is 4.01. The Morgan fingerprint density at radius 3 is 2.94 bits per heavy atom. The van der Waals surface area contributed by atoms with Gasteiger partial charge in [0.25, 0.3) is 5.89 Å². The van der Waals surface area contributed by atoms with Gasteiger partial charge in [0.1, 0.15) is 11.7 Å². The molecule has 1 atom stereocenters. The lowest BCUT2D eigenvalue weighted by Crippen LogP contribution is -2.41. The number of alkyl halides is 2. The molecule has 0 spiro atoms. The summed E-state index contributed by atoms with van der Waals surface area (Å²) in [4.78, 5) is 27.5. The maximum atomic E-state index is 13.7. The summed E-state index contributed by atoms with van der Waals surface area (Å²) < 4.78 is 7.90. The molecule has 0 saturated heterocycles. The van der Waals surface area contributed by atoms with Gasteiger partial charge in [0.2, 0.25) is 0 Å². The Hall–Kier alpha value is -2.88.